The van der Waals surface area contributed by atoms with Gasteiger partial charge in [0, 0.05) is 10.1 Å². The van der Waals surface area contributed by atoms with Gasteiger partial charge in [0.1, 0.15) is 0 Å². The number of hydrogen-bond acceptors (Lipinski definition) is 1. The first-order valence-corrected chi connectivity index (χ1v) is 6.09. The summed E-state index contributed by atoms with van der Waals surface area (Å²) < 4.78 is 0. The first-order chi connectivity index (χ1) is 6.93. The highest BCUT2D eigenvalue weighted by Gasteiger charge is 2.29. The molecule has 0 spiro atoms. The molecule has 0 saturated heterocycles. The van der Waals surface area contributed by atoms with E-state index in [9.17, 15) is 0 Å². The minimum absolute atomic E-state index is 0.670. The Bertz CT molecular complexity index is 372. The average Bonchev–Trinajstić information content (AvgIpc) is 2.26. The van der Waals surface area contributed by atoms with Crippen LogP contribution in [0.3, 0.4) is 0 Å². The van der Waals surface area contributed by atoms with Crippen LogP contribution in [0.25, 0.3) is 0 Å². The molecular formula is C12H12BS. The van der Waals surface area contributed by atoms with Crippen molar-refractivity contribution in [2.45, 2.75) is 28.8 Å². The number of thioether (sulfide) groups is 1. The molecule has 0 nitrogen and oxygen atoms in total. The number of fused-ring (bicyclic) bond motifs is 2. The van der Waals surface area contributed by atoms with Crippen LogP contribution in [-0.2, 0) is 0 Å². The highest BCUT2D eigenvalue weighted by molar-refractivity contribution is 8.00. The van der Waals surface area contributed by atoms with E-state index >= 15 is 0 Å². The van der Waals surface area contributed by atoms with E-state index < -0.39 is 0 Å². The van der Waals surface area contributed by atoms with E-state index in [0.717, 1.165) is 5.25 Å². The maximum atomic E-state index is 2.42. The molecule has 69 valence electrons. The average molecular weight is 199 g/mol. The van der Waals surface area contributed by atoms with Crippen LogP contribution in [0.4, 0.5) is 0 Å². The van der Waals surface area contributed by atoms with Gasteiger partial charge in [-0.05, 0) is 24.7 Å². The molecule has 1 radical (unpaired) electrons. The van der Waals surface area contributed by atoms with Crippen LogP contribution in [0.5, 0.6) is 0 Å². The summed E-state index contributed by atoms with van der Waals surface area (Å²) in [5.74, 6) is 0.670. The third kappa shape index (κ3) is 1.42. The molecule has 1 heterocycles. The van der Waals surface area contributed by atoms with Crippen LogP contribution < -0.4 is 5.46 Å². The molecule has 0 bridgehead atoms. The van der Waals surface area contributed by atoms with E-state index in [1.54, 1.807) is 0 Å². The van der Waals surface area contributed by atoms with Gasteiger partial charge < -0.3 is 0 Å². The molecule has 2 heteroatoms. The molecule has 14 heavy (non-hydrogen) atoms. The molecule has 1 aliphatic heterocycles. The Morgan fingerprint density at radius 2 is 2.21 bits per heavy atom. The molecule has 0 amide bonds. The predicted molar refractivity (Wildman–Crippen MR) is 63.6 cm³/mol. The van der Waals surface area contributed by atoms with E-state index in [1.807, 2.05) is 0 Å². The minimum Gasteiger partial charge on any atom is -0.123 e. The van der Waals surface area contributed by atoms with E-state index in [0.29, 0.717) is 5.82 Å². The van der Waals surface area contributed by atoms with Crippen molar-refractivity contribution in [3.05, 3.63) is 36.4 Å². The third-order valence-corrected chi connectivity index (χ3v) is 4.45. The summed E-state index contributed by atoms with van der Waals surface area (Å²) in [6.07, 6.45) is 7.28. The van der Waals surface area contributed by atoms with Gasteiger partial charge in [-0.15, -0.1) is 11.8 Å². The van der Waals surface area contributed by atoms with Gasteiger partial charge in [-0.25, -0.2) is 0 Å². The van der Waals surface area contributed by atoms with Gasteiger partial charge in [0.05, 0.1) is 0 Å². The standard InChI is InChI=1S/C12H12BS/c1-3-7-11-9(5-1)13-10-6-2-4-8-12(10)14-11/h1-3,5-7,10,12H,4,8H2. The lowest BCUT2D eigenvalue weighted by Crippen LogP contribution is -2.33. The van der Waals surface area contributed by atoms with Gasteiger partial charge in [0.15, 0.2) is 7.28 Å². The van der Waals surface area contributed by atoms with Crippen LogP contribution in [0.1, 0.15) is 12.8 Å². The smallest absolute Gasteiger partial charge is 0.123 e. The second-order valence-electron chi connectivity index (χ2n) is 3.94. The van der Waals surface area contributed by atoms with Crippen LogP contribution in [0.15, 0.2) is 41.3 Å². The fraction of sp³-hybridized carbons (Fsp3) is 0.333. The summed E-state index contributed by atoms with van der Waals surface area (Å²) in [6.45, 7) is 0. The highest BCUT2D eigenvalue weighted by atomic mass is 32.2. The van der Waals surface area contributed by atoms with E-state index in [4.69, 9.17) is 0 Å². The molecule has 2 aliphatic rings. The molecule has 2 unspecified atom stereocenters. The van der Waals surface area contributed by atoms with Gasteiger partial charge in [0.2, 0.25) is 0 Å². The zero-order chi connectivity index (χ0) is 9.38. The van der Waals surface area contributed by atoms with Gasteiger partial charge in [-0.3, -0.25) is 0 Å². The zero-order valence-corrected chi connectivity index (χ0v) is 8.84. The summed E-state index contributed by atoms with van der Waals surface area (Å²) in [5, 5.41) is 0.787. The van der Waals surface area contributed by atoms with Gasteiger partial charge >= 0.3 is 0 Å². The summed E-state index contributed by atoms with van der Waals surface area (Å²) in [5.41, 5.74) is 1.42. The first kappa shape index (κ1) is 8.66. The van der Waals surface area contributed by atoms with Crippen molar-refractivity contribution in [1.29, 1.82) is 0 Å². The SMILES string of the molecule is [B]1c2ccccc2SC2CCC=CC12. The summed E-state index contributed by atoms with van der Waals surface area (Å²) in [4.78, 5) is 1.46. The van der Waals surface area contributed by atoms with Gasteiger partial charge in [0.25, 0.3) is 0 Å². The van der Waals surface area contributed by atoms with Crippen molar-refractivity contribution in [2.75, 3.05) is 0 Å². The molecule has 0 aromatic heterocycles. The molecule has 2 atom stereocenters. The number of hydrogen-bond donors (Lipinski definition) is 0. The Balaban J connectivity index is 1.96. The van der Waals surface area contributed by atoms with E-state index in [-0.39, 0.29) is 0 Å². The number of allylic oxidation sites excluding steroid dienone is 2. The largest absolute Gasteiger partial charge is 0.162 e. The fourth-order valence-electron chi connectivity index (χ4n) is 2.23. The van der Waals surface area contributed by atoms with Crippen molar-refractivity contribution >= 4 is 24.5 Å². The molecule has 3 rings (SSSR count). The lowest BCUT2D eigenvalue weighted by atomic mass is 9.56. The first-order valence-electron chi connectivity index (χ1n) is 5.21. The summed E-state index contributed by atoms with van der Waals surface area (Å²) in [6, 6.07) is 8.73. The van der Waals surface area contributed by atoms with Crippen molar-refractivity contribution in [2.24, 2.45) is 0 Å². The van der Waals surface area contributed by atoms with Crippen LogP contribution in [0, 0.1) is 0 Å². The topological polar surface area (TPSA) is 0 Å². The predicted octanol–water partition coefficient (Wildman–Crippen LogP) is 2.63. The second kappa shape index (κ2) is 3.50. The second-order valence-corrected chi connectivity index (χ2v) is 5.22. The Kier molecular flexibility index (Phi) is 2.17. The van der Waals surface area contributed by atoms with Crippen LogP contribution in [-0.4, -0.2) is 12.5 Å². The molecule has 1 aromatic rings. The molecule has 1 aromatic carbocycles. The Morgan fingerprint density at radius 3 is 3.21 bits per heavy atom. The fourth-order valence-corrected chi connectivity index (χ4v) is 3.56. The minimum atomic E-state index is 0.670. The van der Waals surface area contributed by atoms with Crippen molar-refractivity contribution < 1.29 is 0 Å². The maximum Gasteiger partial charge on any atom is 0.162 e. The molecular weight excluding hydrogens is 187 g/mol. The quantitative estimate of drug-likeness (QED) is 0.457. The number of benzene rings is 1. The summed E-state index contributed by atoms with van der Waals surface area (Å²) in [7, 11) is 2.42. The van der Waals surface area contributed by atoms with Gasteiger partial charge in [-0.1, -0.05) is 35.8 Å². The van der Waals surface area contributed by atoms with Crippen LogP contribution >= 0.6 is 11.8 Å². The van der Waals surface area contributed by atoms with Crippen molar-refractivity contribution in [3.63, 3.8) is 0 Å². The molecule has 0 N–H and O–H groups in total. The summed E-state index contributed by atoms with van der Waals surface area (Å²) >= 11 is 2.06. The molecule has 0 fully saturated rings. The Labute approximate surface area is 90.0 Å². The third-order valence-electron chi connectivity index (χ3n) is 2.97. The van der Waals surface area contributed by atoms with Crippen LogP contribution in [0.2, 0.25) is 5.82 Å². The zero-order valence-electron chi connectivity index (χ0n) is 8.02. The van der Waals surface area contributed by atoms with Crippen molar-refractivity contribution in [3.8, 4) is 0 Å². The molecule has 1 aliphatic carbocycles. The number of rotatable bonds is 0. The lowest BCUT2D eigenvalue weighted by Gasteiger charge is -2.32. The van der Waals surface area contributed by atoms with Gasteiger partial charge in [-0.2, -0.15) is 0 Å². The highest BCUT2D eigenvalue weighted by Crippen LogP contribution is 2.39. The Hall–Kier alpha value is -0.625. The maximum absolute atomic E-state index is 2.42. The normalized spacial score (nSPS) is 28.9. The lowest BCUT2D eigenvalue weighted by molar-refractivity contribution is 0.741. The van der Waals surface area contributed by atoms with Crippen molar-refractivity contribution in [1.82, 2.24) is 0 Å². The monoisotopic (exact) mass is 199 g/mol. The molecule has 0 saturated carbocycles. The Morgan fingerprint density at radius 1 is 1.29 bits per heavy atom. The van der Waals surface area contributed by atoms with E-state index in [1.165, 1.54) is 23.2 Å². The van der Waals surface area contributed by atoms with E-state index in [2.05, 4.69) is 55.5 Å².